The Kier molecular flexibility index (Phi) is 10.2. The van der Waals surface area contributed by atoms with Crippen LogP contribution in [0.15, 0.2) is 77.7 Å². The normalized spacial score (nSPS) is 12.0. The Morgan fingerprint density at radius 1 is 0.947 bits per heavy atom. The molecule has 3 rings (SSSR count). The Hall–Kier alpha value is -3.07. The van der Waals surface area contributed by atoms with E-state index in [4.69, 9.17) is 23.2 Å². The van der Waals surface area contributed by atoms with Gasteiger partial charge in [-0.2, -0.15) is 0 Å². The van der Waals surface area contributed by atoms with Gasteiger partial charge < -0.3 is 10.2 Å². The molecule has 0 bridgehead atoms. The quantitative estimate of drug-likeness (QED) is 0.330. The van der Waals surface area contributed by atoms with E-state index < -0.39 is 28.5 Å². The van der Waals surface area contributed by atoms with E-state index in [0.29, 0.717) is 34.3 Å². The van der Waals surface area contributed by atoms with Gasteiger partial charge in [0.2, 0.25) is 11.8 Å². The molecule has 0 fully saturated rings. The molecule has 3 aromatic carbocycles. The molecule has 0 aliphatic carbocycles. The monoisotopic (exact) mass is 575 g/mol. The molecule has 1 N–H and O–H groups in total. The van der Waals surface area contributed by atoms with Gasteiger partial charge in [0, 0.05) is 23.1 Å². The summed E-state index contributed by atoms with van der Waals surface area (Å²) in [6.45, 7) is 5.30. The molecule has 7 nitrogen and oxygen atoms in total. The van der Waals surface area contributed by atoms with E-state index >= 15 is 0 Å². The van der Waals surface area contributed by atoms with E-state index in [2.05, 4.69) is 5.32 Å². The van der Waals surface area contributed by atoms with Crippen molar-refractivity contribution in [2.45, 2.75) is 44.7 Å². The number of hydrogen-bond donors (Lipinski definition) is 1. The minimum absolute atomic E-state index is 0.00246. The van der Waals surface area contributed by atoms with E-state index in [1.807, 2.05) is 13.0 Å². The van der Waals surface area contributed by atoms with Gasteiger partial charge in [0.25, 0.3) is 10.0 Å². The number of anilines is 1. The van der Waals surface area contributed by atoms with E-state index in [1.165, 1.54) is 17.0 Å². The van der Waals surface area contributed by atoms with E-state index in [1.54, 1.807) is 68.4 Å². The maximum absolute atomic E-state index is 14.0. The second-order valence-corrected chi connectivity index (χ2v) is 11.4. The van der Waals surface area contributed by atoms with Crippen LogP contribution in [-0.4, -0.2) is 44.3 Å². The number of rotatable bonds is 11. The van der Waals surface area contributed by atoms with Crippen molar-refractivity contribution < 1.29 is 18.0 Å². The molecular formula is C28H31Cl2N3O4S. The minimum Gasteiger partial charge on any atom is -0.355 e. The van der Waals surface area contributed by atoms with Crippen LogP contribution >= 0.6 is 23.2 Å². The Morgan fingerprint density at radius 2 is 1.66 bits per heavy atom. The number of sulfonamides is 1. The van der Waals surface area contributed by atoms with Crippen LogP contribution < -0.4 is 9.62 Å². The van der Waals surface area contributed by atoms with E-state index in [0.717, 1.165) is 9.87 Å². The Labute approximate surface area is 234 Å². The lowest BCUT2D eigenvalue weighted by atomic mass is 10.1. The molecule has 1 atom stereocenters. The van der Waals surface area contributed by atoms with Crippen molar-refractivity contribution in [3.8, 4) is 0 Å². The van der Waals surface area contributed by atoms with Crippen molar-refractivity contribution in [1.82, 2.24) is 10.2 Å². The Bertz CT molecular complexity index is 1380. The highest BCUT2D eigenvalue weighted by Crippen LogP contribution is 2.27. The van der Waals surface area contributed by atoms with E-state index in [-0.39, 0.29) is 17.3 Å². The van der Waals surface area contributed by atoms with Crippen molar-refractivity contribution >= 4 is 50.7 Å². The van der Waals surface area contributed by atoms with Gasteiger partial charge >= 0.3 is 0 Å². The summed E-state index contributed by atoms with van der Waals surface area (Å²) in [6, 6.07) is 18.9. The molecule has 0 saturated heterocycles. The largest absolute Gasteiger partial charge is 0.355 e. The molecule has 0 heterocycles. The fraction of sp³-hybridized carbons (Fsp3) is 0.286. The van der Waals surface area contributed by atoms with Crippen molar-refractivity contribution in [2.75, 3.05) is 17.4 Å². The zero-order valence-electron chi connectivity index (χ0n) is 21.5. The standard InChI is InChI=1S/C28H31Cl2N3O4S/c1-4-26(28(35)31-5-2)32(18-21-14-15-22(29)17-25(21)30)27(34)19-33(23-11-9-10-20(3)16-23)38(36,37)24-12-7-6-8-13-24/h6-17,26H,4-5,18-19H2,1-3H3,(H,31,35)/t26-/m1/s1. The molecule has 38 heavy (non-hydrogen) atoms. The van der Waals surface area contributed by atoms with Gasteiger partial charge in [-0.05, 0) is 67.8 Å². The van der Waals surface area contributed by atoms with Crippen LogP contribution in [0.5, 0.6) is 0 Å². The number of hydrogen-bond acceptors (Lipinski definition) is 4. The van der Waals surface area contributed by atoms with Gasteiger partial charge in [-0.25, -0.2) is 8.42 Å². The number of carbonyl (C=O) groups is 2. The third-order valence-corrected chi connectivity index (χ3v) is 8.37. The third-order valence-electron chi connectivity index (χ3n) is 5.99. The fourth-order valence-electron chi connectivity index (χ4n) is 4.08. The van der Waals surface area contributed by atoms with Gasteiger partial charge in [-0.1, -0.05) is 66.5 Å². The summed E-state index contributed by atoms with van der Waals surface area (Å²) < 4.78 is 28.6. The van der Waals surface area contributed by atoms with E-state index in [9.17, 15) is 18.0 Å². The molecule has 202 valence electrons. The number of nitrogens with zero attached hydrogens (tertiary/aromatic N) is 2. The zero-order valence-corrected chi connectivity index (χ0v) is 23.9. The molecule has 0 unspecified atom stereocenters. The van der Waals surface area contributed by atoms with Crippen LogP contribution in [0, 0.1) is 6.92 Å². The number of aryl methyl sites for hydroxylation is 1. The molecular weight excluding hydrogens is 545 g/mol. The maximum atomic E-state index is 14.0. The molecule has 0 aliphatic heterocycles. The van der Waals surface area contributed by atoms with Gasteiger partial charge in [0.1, 0.15) is 12.6 Å². The minimum atomic E-state index is -4.11. The number of amides is 2. The zero-order chi connectivity index (χ0) is 27.9. The summed E-state index contributed by atoms with van der Waals surface area (Å²) >= 11 is 12.5. The number of halogens is 2. The topological polar surface area (TPSA) is 86.8 Å². The summed E-state index contributed by atoms with van der Waals surface area (Å²) in [5.74, 6) is -0.878. The molecule has 0 saturated carbocycles. The molecule has 3 aromatic rings. The number of carbonyl (C=O) groups excluding carboxylic acids is 2. The lowest BCUT2D eigenvalue weighted by Crippen LogP contribution is -2.52. The van der Waals surface area contributed by atoms with Gasteiger partial charge in [-0.15, -0.1) is 0 Å². The summed E-state index contributed by atoms with van der Waals surface area (Å²) in [5, 5.41) is 3.55. The smallest absolute Gasteiger partial charge is 0.264 e. The second kappa shape index (κ2) is 13.1. The molecule has 0 aromatic heterocycles. The molecule has 10 heteroatoms. The van der Waals surface area contributed by atoms with Crippen LogP contribution in [-0.2, 0) is 26.2 Å². The first-order chi connectivity index (χ1) is 18.1. The third kappa shape index (κ3) is 7.07. The maximum Gasteiger partial charge on any atom is 0.264 e. The van der Waals surface area contributed by atoms with Crippen LogP contribution in [0.2, 0.25) is 10.0 Å². The second-order valence-electron chi connectivity index (χ2n) is 8.74. The van der Waals surface area contributed by atoms with Crippen molar-refractivity contribution in [3.05, 3.63) is 94.0 Å². The van der Waals surface area contributed by atoms with Crippen molar-refractivity contribution in [2.24, 2.45) is 0 Å². The lowest BCUT2D eigenvalue weighted by Gasteiger charge is -2.33. The molecule has 0 aliphatic rings. The fourth-order valence-corrected chi connectivity index (χ4v) is 5.97. The first-order valence-corrected chi connectivity index (χ1v) is 14.4. The summed E-state index contributed by atoms with van der Waals surface area (Å²) in [7, 11) is -4.11. The SMILES string of the molecule is CCNC(=O)[C@@H](CC)N(Cc1ccc(Cl)cc1Cl)C(=O)CN(c1cccc(C)c1)S(=O)(=O)c1ccccc1. The summed E-state index contributed by atoms with van der Waals surface area (Å²) in [6.07, 6.45) is 0.318. The Balaban J connectivity index is 2.07. The first-order valence-electron chi connectivity index (χ1n) is 12.2. The highest BCUT2D eigenvalue weighted by molar-refractivity contribution is 7.92. The Morgan fingerprint density at radius 3 is 2.26 bits per heavy atom. The molecule has 0 radical (unpaired) electrons. The van der Waals surface area contributed by atoms with Crippen LogP contribution in [0.1, 0.15) is 31.4 Å². The predicted molar refractivity (Wildman–Crippen MR) is 152 cm³/mol. The number of likely N-dealkylation sites (N-methyl/N-ethyl adjacent to an activating group) is 1. The van der Waals surface area contributed by atoms with Crippen molar-refractivity contribution in [3.63, 3.8) is 0 Å². The van der Waals surface area contributed by atoms with Crippen LogP contribution in [0.4, 0.5) is 5.69 Å². The number of benzene rings is 3. The average molecular weight is 577 g/mol. The van der Waals surface area contributed by atoms with Crippen molar-refractivity contribution in [1.29, 1.82) is 0 Å². The van der Waals surface area contributed by atoms with Crippen LogP contribution in [0.3, 0.4) is 0 Å². The highest BCUT2D eigenvalue weighted by atomic mass is 35.5. The molecule has 2 amide bonds. The van der Waals surface area contributed by atoms with Crippen LogP contribution in [0.25, 0.3) is 0 Å². The van der Waals surface area contributed by atoms with Gasteiger partial charge in [0.05, 0.1) is 10.6 Å². The summed E-state index contributed by atoms with van der Waals surface area (Å²) in [5.41, 5.74) is 1.76. The average Bonchev–Trinajstić information content (AvgIpc) is 2.88. The van der Waals surface area contributed by atoms with Gasteiger partial charge in [0.15, 0.2) is 0 Å². The number of nitrogens with one attached hydrogen (secondary N) is 1. The highest BCUT2D eigenvalue weighted by Gasteiger charge is 2.33. The van der Waals surface area contributed by atoms with Gasteiger partial charge in [-0.3, -0.25) is 13.9 Å². The first kappa shape index (κ1) is 29.5. The predicted octanol–water partition coefficient (Wildman–Crippen LogP) is 5.44. The molecule has 0 spiro atoms. The lowest BCUT2D eigenvalue weighted by molar-refractivity contribution is -0.140. The summed E-state index contributed by atoms with van der Waals surface area (Å²) in [4.78, 5) is 28.4.